The lowest BCUT2D eigenvalue weighted by Gasteiger charge is -2.24. The van der Waals surface area contributed by atoms with Crippen molar-refractivity contribution in [2.75, 3.05) is 13.2 Å². The van der Waals surface area contributed by atoms with Gasteiger partial charge in [-0.3, -0.25) is 0 Å². The molecule has 1 aliphatic carbocycles. The van der Waals surface area contributed by atoms with Crippen LogP contribution >= 0.6 is 0 Å². The van der Waals surface area contributed by atoms with Crippen molar-refractivity contribution in [3.05, 3.63) is 0 Å². The van der Waals surface area contributed by atoms with Gasteiger partial charge >= 0.3 is 0 Å². The lowest BCUT2D eigenvalue weighted by atomic mass is 9.88. The fraction of sp³-hybridized carbons (Fsp3) is 1.00. The summed E-state index contributed by atoms with van der Waals surface area (Å²) in [7, 11) is 0. The van der Waals surface area contributed by atoms with Gasteiger partial charge in [0.2, 0.25) is 0 Å². The van der Waals surface area contributed by atoms with Crippen LogP contribution in [0, 0.1) is 5.92 Å². The van der Waals surface area contributed by atoms with Crippen molar-refractivity contribution in [1.29, 1.82) is 0 Å². The summed E-state index contributed by atoms with van der Waals surface area (Å²) in [6.45, 7) is 3.74. The van der Waals surface area contributed by atoms with Gasteiger partial charge in [0, 0.05) is 13.2 Å². The van der Waals surface area contributed by atoms with Crippen molar-refractivity contribution in [1.82, 2.24) is 0 Å². The highest BCUT2D eigenvalue weighted by Crippen LogP contribution is 2.23. The van der Waals surface area contributed by atoms with Crippen LogP contribution in [0.15, 0.2) is 0 Å². The number of hydrogen-bond donors (Lipinski definition) is 1. The highest BCUT2D eigenvalue weighted by molar-refractivity contribution is 4.70. The monoisotopic (exact) mass is 158 g/mol. The van der Waals surface area contributed by atoms with Crippen molar-refractivity contribution in [3.63, 3.8) is 0 Å². The molecule has 1 fully saturated rings. The molecule has 0 radical (unpaired) electrons. The zero-order chi connectivity index (χ0) is 8.10. The first-order chi connectivity index (χ1) is 5.33. The molecule has 1 saturated carbocycles. The van der Waals surface area contributed by atoms with Gasteiger partial charge < -0.3 is 9.84 Å². The van der Waals surface area contributed by atoms with Gasteiger partial charge in [-0.25, -0.2) is 0 Å². The Kier molecular flexibility index (Phi) is 3.87. The molecule has 0 aromatic rings. The zero-order valence-electron chi connectivity index (χ0n) is 7.25. The molecule has 0 amide bonds. The molecule has 1 aliphatic rings. The van der Waals surface area contributed by atoms with E-state index in [4.69, 9.17) is 4.74 Å². The minimum Gasteiger partial charge on any atom is -0.393 e. The van der Waals surface area contributed by atoms with Crippen molar-refractivity contribution in [3.8, 4) is 0 Å². The van der Waals surface area contributed by atoms with Gasteiger partial charge in [0.15, 0.2) is 0 Å². The van der Waals surface area contributed by atoms with Crippen LogP contribution in [0.3, 0.4) is 0 Å². The third kappa shape index (κ3) is 3.21. The van der Waals surface area contributed by atoms with Crippen molar-refractivity contribution < 1.29 is 9.84 Å². The molecular formula is C9H18O2. The second-order valence-corrected chi connectivity index (χ2v) is 3.33. The van der Waals surface area contributed by atoms with Crippen LogP contribution in [-0.2, 0) is 4.74 Å². The summed E-state index contributed by atoms with van der Waals surface area (Å²) in [4.78, 5) is 0. The molecule has 0 saturated heterocycles. The number of aliphatic hydroxyl groups is 1. The summed E-state index contributed by atoms with van der Waals surface area (Å²) in [5.41, 5.74) is 0. The van der Waals surface area contributed by atoms with Crippen LogP contribution in [0.2, 0.25) is 0 Å². The Bertz CT molecular complexity index is 93.0. The maximum atomic E-state index is 9.21. The molecule has 0 unspecified atom stereocenters. The summed E-state index contributed by atoms with van der Waals surface area (Å²) >= 11 is 0. The predicted octanol–water partition coefficient (Wildman–Crippen LogP) is 1.57. The van der Waals surface area contributed by atoms with E-state index in [1.165, 1.54) is 0 Å². The van der Waals surface area contributed by atoms with Crippen LogP contribution in [0.4, 0.5) is 0 Å². The molecule has 0 bridgehead atoms. The number of ether oxygens (including phenoxy) is 1. The number of hydrogen-bond acceptors (Lipinski definition) is 2. The van der Waals surface area contributed by atoms with Gasteiger partial charge in [-0.05, 0) is 38.5 Å². The fourth-order valence-corrected chi connectivity index (χ4v) is 1.60. The van der Waals surface area contributed by atoms with Crippen LogP contribution < -0.4 is 0 Å². The minimum atomic E-state index is -0.0344. The normalized spacial score (nSPS) is 32.2. The summed E-state index contributed by atoms with van der Waals surface area (Å²) in [6.07, 6.45) is 4.19. The SMILES string of the molecule is CCOCC1CCC(O)CC1. The first-order valence-corrected chi connectivity index (χ1v) is 4.58. The smallest absolute Gasteiger partial charge is 0.0540 e. The van der Waals surface area contributed by atoms with E-state index in [2.05, 4.69) is 0 Å². The Labute approximate surface area is 68.6 Å². The number of rotatable bonds is 3. The highest BCUT2D eigenvalue weighted by atomic mass is 16.5. The standard InChI is InChI=1S/C9H18O2/c1-2-11-7-8-3-5-9(10)6-4-8/h8-10H,2-7H2,1H3. The molecule has 1 rings (SSSR count). The van der Waals surface area contributed by atoms with E-state index in [0.29, 0.717) is 5.92 Å². The van der Waals surface area contributed by atoms with Crippen molar-refractivity contribution in [2.24, 2.45) is 5.92 Å². The van der Waals surface area contributed by atoms with E-state index in [1.54, 1.807) is 0 Å². The molecule has 0 aliphatic heterocycles. The molecule has 2 heteroatoms. The van der Waals surface area contributed by atoms with Gasteiger partial charge in [0.1, 0.15) is 0 Å². The van der Waals surface area contributed by atoms with E-state index >= 15 is 0 Å². The Morgan fingerprint density at radius 3 is 2.45 bits per heavy atom. The molecule has 66 valence electrons. The average molecular weight is 158 g/mol. The second kappa shape index (κ2) is 4.73. The molecule has 0 heterocycles. The minimum absolute atomic E-state index is 0.0344. The van der Waals surface area contributed by atoms with Crippen LogP contribution in [0.5, 0.6) is 0 Å². The molecule has 0 aromatic carbocycles. The summed E-state index contributed by atoms with van der Waals surface area (Å²) < 4.78 is 5.33. The Morgan fingerprint density at radius 2 is 1.91 bits per heavy atom. The summed E-state index contributed by atoms with van der Waals surface area (Å²) in [5.74, 6) is 0.707. The molecule has 0 aromatic heterocycles. The molecule has 0 atom stereocenters. The van der Waals surface area contributed by atoms with Gasteiger partial charge in [-0.1, -0.05) is 0 Å². The van der Waals surface area contributed by atoms with Crippen LogP contribution in [-0.4, -0.2) is 24.4 Å². The zero-order valence-corrected chi connectivity index (χ0v) is 7.25. The molecule has 1 N–H and O–H groups in total. The van der Waals surface area contributed by atoms with Gasteiger partial charge in [0.05, 0.1) is 6.10 Å². The Morgan fingerprint density at radius 1 is 1.27 bits per heavy atom. The lowest BCUT2D eigenvalue weighted by molar-refractivity contribution is 0.0563. The van der Waals surface area contributed by atoms with E-state index < -0.39 is 0 Å². The topological polar surface area (TPSA) is 29.5 Å². The van der Waals surface area contributed by atoms with Gasteiger partial charge in [-0.15, -0.1) is 0 Å². The fourth-order valence-electron chi connectivity index (χ4n) is 1.60. The predicted molar refractivity (Wildman–Crippen MR) is 44.5 cm³/mol. The number of aliphatic hydroxyl groups excluding tert-OH is 1. The third-order valence-corrected chi connectivity index (χ3v) is 2.37. The molecular weight excluding hydrogens is 140 g/mol. The first-order valence-electron chi connectivity index (χ1n) is 4.58. The Hall–Kier alpha value is -0.0800. The quantitative estimate of drug-likeness (QED) is 0.675. The van der Waals surface area contributed by atoms with Crippen LogP contribution in [0.1, 0.15) is 32.6 Å². The second-order valence-electron chi connectivity index (χ2n) is 3.33. The van der Waals surface area contributed by atoms with E-state index in [1.807, 2.05) is 6.92 Å². The maximum absolute atomic E-state index is 9.21. The maximum Gasteiger partial charge on any atom is 0.0540 e. The average Bonchev–Trinajstić information content (AvgIpc) is 2.04. The highest BCUT2D eigenvalue weighted by Gasteiger charge is 2.18. The third-order valence-electron chi connectivity index (χ3n) is 2.37. The van der Waals surface area contributed by atoms with Crippen LogP contribution in [0.25, 0.3) is 0 Å². The van der Waals surface area contributed by atoms with E-state index in [0.717, 1.165) is 38.9 Å². The molecule has 0 spiro atoms. The van der Waals surface area contributed by atoms with Gasteiger partial charge in [-0.2, -0.15) is 0 Å². The molecule has 2 nitrogen and oxygen atoms in total. The van der Waals surface area contributed by atoms with Crippen molar-refractivity contribution in [2.45, 2.75) is 38.7 Å². The van der Waals surface area contributed by atoms with Gasteiger partial charge in [0.25, 0.3) is 0 Å². The van der Waals surface area contributed by atoms with Crippen molar-refractivity contribution >= 4 is 0 Å². The Balaban J connectivity index is 2.07. The van der Waals surface area contributed by atoms with E-state index in [9.17, 15) is 5.11 Å². The summed E-state index contributed by atoms with van der Waals surface area (Å²) in [5, 5.41) is 9.21. The molecule has 11 heavy (non-hydrogen) atoms. The summed E-state index contributed by atoms with van der Waals surface area (Å²) in [6, 6.07) is 0. The lowest BCUT2D eigenvalue weighted by Crippen LogP contribution is -2.21. The largest absolute Gasteiger partial charge is 0.393 e. The van der Waals surface area contributed by atoms with E-state index in [-0.39, 0.29) is 6.10 Å². The first kappa shape index (κ1) is 9.01.